The lowest BCUT2D eigenvalue weighted by atomic mass is 10.0. The van der Waals surface area contributed by atoms with Crippen LogP contribution in [-0.4, -0.2) is 17.8 Å². The molecule has 0 aromatic heterocycles. The normalized spacial score (nSPS) is 17.0. The second-order valence-corrected chi connectivity index (χ2v) is 3.01. The van der Waals surface area contributed by atoms with Crippen molar-refractivity contribution in [1.82, 2.24) is 4.90 Å². The summed E-state index contributed by atoms with van der Waals surface area (Å²) in [5, 5.41) is 7.05. The van der Waals surface area contributed by atoms with E-state index in [4.69, 9.17) is 5.41 Å². The van der Waals surface area contributed by atoms with Gasteiger partial charge in [-0.3, -0.25) is 5.41 Å². The van der Waals surface area contributed by atoms with E-state index in [0.717, 1.165) is 6.54 Å². The van der Waals surface area contributed by atoms with Crippen molar-refractivity contribution in [3.63, 3.8) is 0 Å². The first kappa shape index (κ1) is 8.05. The number of nitrogens with one attached hydrogen (secondary N) is 1. The van der Waals surface area contributed by atoms with Gasteiger partial charge in [0.2, 0.25) is 0 Å². The first-order chi connectivity index (χ1) is 5.24. The molecule has 1 aliphatic heterocycles. The fraction of sp³-hybridized carbons (Fsp3) is 0.444. The molecule has 0 aromatic carbocycles. The Hall–Kier alpha value is -1.05. The Balaban J connectivity index is 2.71. The minimum absolute atomic E-state index is 0.550. The minimum atomic E-state index is 0.550. The molecule has 11 heavy (non-hydrogen) atoms. The van der Waals surface area contributed by atoms with E-state index in [-0.39, 0.29) is 0 Å². The summed E-state index contributed by atoms with van der Waals surface area (Å²) in [6, 6.07) is 0. The van der Waals surface area contributed by atoms with Gasteiger partial charge >= 0.3 is 0 Å². The van der Waals surface area contributed by atoms with Gasteiger partial charge in [-0.25, -0.2) is 0 Å². The zero-order chi connectivity index (χ0) is 8.27. The van der Waals surface area contributed by atoms with Crippen LogP contribution in [0, 0.1) is 11.3 Å². The number of hydrogen-bond donors (Lipinski definition) is 1. The van der Waals surface area contributed by atoms with Gasteiger partial charge in [0.05, 0.1) is 6.34 Å². The Morgan fingerprint density at radius 1 is 1.64 bits per heavy atom. The third-order valence-electron chi connectivity index (χ3n) is 1.77. The number of nitrogens with zero attached hydrogens (tertiary/aromatic N) is 1. The lowest BCUT2D eigenvalue weighted by Crippen LogP contribution is -2.18. The molecule has 0 unspecified atom stereocenters. The Morgan fingerprint density at radius 2 is 2.36 bits per heavy atom. The van der Waals surface area contributed by atoms with E-state index < -0.39 is 0 Å². The Labute approximate surface area is 67.7 Å². The van der Waals surface area contributed by atoms with Gasteiger partial charge in [0.1, 0.15) is 0 Å². The summed E-state index contributed by atoms with van der Waals surface area (Å²) in [5.41, 5.74) is 1.29. The monoisotopic (exact) mass is 150 g/mol. The van der Waals surface area contributed by atoms with Crippen LogP contribution in [-0.2, 0) is 0 Å². The van der Waals surface area contributed by atoms with Gasteiger partial charge < -0.3 is 4.90 Å². The van der Waals surface area contributed by atoms with E-state index in [9.17, 15) is 0 Å². The molecule has 0 amide bonds. The molecule has 2 nitrogen and oxygen atoms in total. The van der Waals surface area contributed by atoms with Crippen molar-refractivity contribution in [2.24, 2.45) is 5.92 Å². The summed E-state index contributed by atoms with van der Waals surface area (Å²) in [5.74, 6) is 0.550. The van der Waals surface area contributed by atoms with E-state index in [2.05, 4.69) is 26.0 Å². The summed E-state index contributed by atoms with van der Waals surface area (Å²) in [4.78, 5) is 1.87. The van der Waals surface area contributed by atoms with Gasteiger partial charge in [-0.15, -0.1) is 0 Å². The highest BCUT2D eigenvalue weighted by Gasteiger charge is 2.05. The molecule has 1 aliphatic rings. The van der Waals surface area contributed by atoms with Gasteiger partial charge in [-0.2, -0.15) is 0 Å². The molecule has 0 spiro atoms. The lowest BCUT2D eigenvalue weighted by molar-refractivity contribution is 0.604. The summed E-state index contributed by atoms with van der Waals surface area (Å²) in [6.45, 7) is 5.15. The third kappa shape index (κ3) is 1.93. The Morgan fingerprint density at radius 3 is 2.91 bits per heavy atom. The van der Waals surface area contributed by atoms with Crippen molar-refractivity contribution < 1.29 is 0 Å². The summed E-state index contributed by atoms with van der Waals surface area (Å²) in [6.07, 6.45) is 7.59. The highest BCUT2D eigenvalue weighted by molar-refractivity contribution is 5.54. The van der Waals surface area contributed by atoms with Crippen LogP contribution < -0.4 is 0 Å². The average molecular weight is 150 g/mol. The molecule has 0 aromatic rings. The van der Waals surface area contributed by atoms with Gasteiger partial charge in [0.15, 0.2) is 0 Å². The molecule has 60 valence electrons. The standard InChI is InChI=1S/C9H14N2/c1-8(2)9-4-3-5-11(6-9)7-10/h3-4,6-8,10H,5H2,1-2H3. The molecule has 2 heteroatoms. The zero-order valence-electron chi connectivity index (χ0n) is 7.04. The van der Waals surface area contributed by atoms with Crippen LogP contribution in [0.1, 0.15) is 13.8 Å². The van der Waals surface area contributed by atoms with Crippen LogP contribution in [0.15, 0.2) is 23.9 Å². The molecule has 0 saturated heterocycles. The molecule has 0 radical (unpaired) electrons. The second-order valence-electron chi connectivity index (χ2n) is 3.01. The van der Waals surface area contributed by atoms with Crippen LogP contribution in [0.2, 0.25) is 0 Å². The number of allylic oxidation sites excluding steroid dienone is 2. The molecule has 1 N–H and O–H groups in total. The predicted molar refractivity (Wildman–Crippen MR) is 47.6 cm³/mol. The van der Waals surface area contributed by atoms with Crippen molar-refractivity contribution in [2.45, 2.75) is 13.8 Å². The van der Waals surface area contributed by atoms with Crippen LogP contribution in [0.25, 0.3) is 0 Å². The fourth-order valence-electron chi connectivity index (χ4n) is 1.03. The van der Waals surface area contributed by atoms with E-state index in [0.29, 0.717) is 5.92 Å². The van der Waals surface area contributed by atoms with Crippen molar-refractivity contribution in [2.75, 3.05) is 6.54 Å². The summed E-state index contributed by atoms with van der Waals surface area (Å²) in [7, 11) is 0. The van der Waals surface area contributed by atoms with Crippen LogP contribution in [0.4, 0.5) is 0 Å². The topological polar surface area (TPSA) is 27.1 Å². The predicted octanol–water partition coefficient (Wildman–Crippen LogP) is 2.01. The molecule has 0 aliphatic carbocycles. The molecular formula is C9H14N2. The average Bonchev–Trinajstić information content (AvgIpc) is 2.05. The maximum atomic E-state index is 7.05. The maximum Gasteiger partial charge on any atom is 0.0860 e. The SMILES string of the molecule is CC(C)C1=CN(C=N)CC=C1. The molecule has 0 atom stereocenters. The Bertz CT molecular complexity index is 202. The second kappa shape index (κ2) is 3.37. The fourth-order valence-corrected chi connectivity index (χ4v) is 1.03. The molecule has 0 saturated carbocycles. The third-order valence-corrected chi connectivity index (χ3v) is 1.77. The quantitative estimate of drug-likeness (QED) is 0.473. The van der Waals surface area contributed by atoms with E-state index in [1.807, 2.05) is 11.1 Å². The highest BCUT2D eigenvalue weighted by atomic mass is 15.1. The first-order valence-corrected chi connectivity index (χ1v) is 3.88. The van der Waals surface area contributed by atoms with Crippen molar-refractivity contribution in [3.8, 4) is 0 Å². The van der Waals surface area contributed by atoms with Gasteiger partial charge in [0, 0.05) is 12.7 Å². The van der Waals surface area contributed by atoms with Crippen LogP contribution in [0.3, 0.4) is 0 Å². The largest absolute Gasteiger partial charge is 0.335 e. The van der Waals surface area contributed by atoms with E-state index in [1.165, 1.54) is 11.9 Å². The van der Waals surface area contributed by atoms with Crippen molar-refractivity contribution in [3.05, 3.63) is 23.9 Å². The van der Waals surface area contributed by atoms with Crippen LogP contribution >= 0.6 is 0 Å². The first-order valence-electron chi connectivity index (χ1n) is 3.88. The number of rotatable bonds is 2. The van der Waals surface area contributed by atoms with Crippen LogP contribution in [0.5, 0.6) is 0 Å². The van der Waals surface area contributed by atoms with Crippen molar-refractivity contribution in [1.29, 1.82) is 5.41 Å². The molecule has 1 rings (SSSR count). The minimum Gasteiger partial charge on any atom is -0.335 e. The van der Waals surface area contributed by atoms with E-state index >= 15 is 0 Å². The van der Waals surface area contributed by atoms with Gasteiger partial charge in [-0.1, -0.05) is 26.0 Å². The molecule has 1 heterocycles. The summed E-state index contributed by atoms with van der Waals surface area (Å²) < 4.78 is 0. The maximum absolute atomic E-state index is 7.05. The van der Waals surface area contributed by atoms with Gasteiger partial charge in [-0.05, 0) is 11.5 Å². The van der Waals surface area contributed by atoms with E-state index in [1.54, 1.807) is 0 Å². The number of hydrogen-bond acceptors (Lipinski definition) is 1. The lowest BCUT2D eigenvalue weighted by Gasteiger charge is -2.19. The molecular weight excluding hydrogens is 136 g/mol. The summed E-state index contributed by atoms with van der Waals surface area (Å²) >= 11 is 0. The smallest absolute Gasteiger partial charge is 0.0860 e. The molecule has 0 bridgehead atoms. The van der Waals surface area contributed by atoms with Crippen molar-refractivity contribution >= 4 is 6.34 Å². The zero-order valence-corrected chi connectivity index (χ0v) is 7.04. The highest BCUT2D eigenvalue weighted by Crippen LogP contribution is 2.14. The van der Waals surface area contributed by atoms with Gasteiger partial charge in [0.25, 0.3) is 0 Å². The Kier molecular flexibility index (Phi) is 2.47. The molecule has 0 fully saturated rings.